The highest BCUT2D eigenvalue weighted by Crippen LogP contribution is 2.22. The van der Waals surface area contributed by atoms with E-state index in [1.165, 1.54) is 11.0 Å². The maximum Gasteiger partial charge on any atom is 0.255 e. The minimum absolute atomic E-state index is 0.196. The highest BCUT2D eigenvalue weighted by atomic mass is 35.5. The molecule has 18 heavy (non-hydrogen) atoms. The summed E-state index contributed by atoms with van der Waals surface area (Å²) in [6.45, 7) is 0.765. The minimum Gasteiger partial charge on any atom is -0.383 e. The van der Waals surface area contributed by atoms with Gasteiger partial charge in [-0.15, -0.1) is 11.6 Å². The van der Waals surface area contributed by atoms with Gasteiger partial charge in [0.15, 0.2) is 0 Å². The standard InChI is InChI=1S/C12H14Cl3NO2/c1-16(6-9(14)7-18-2)12(17)10-4-3-8(13)5-11(10)15/h3-5,9H,6-7H2,1-2H3. The summed E-state index contributed by atoms with van der Waals surface area (Å²) in [6.07, 6.45) is 0. The highest BCUT2D eigenvalue weighted by molar-refractivity contribution is 6.36. The zero-order chi connectivity index (χ0) is 13.7. The van der Waals surface area contributed by atoms with Gasteiger partial charge in [0, 0.05) is 25.7 Å². The van der Waals surface area contributed by atoms with Gasteiger partial charge in [0.05, 0.1) is 22.6 Å². The van der Waals surface area contributed by atoms with Crippen LogP contribution in [0, 0.1) is 0 Å². The Morgan fingerprint density at radius 1 is 1.44 bits per heavy atom. The first kappa shape index (κ1) is 15.6. The summed E-state index contributed by atoms with van der Waals surface area (Å²) in [5.74, 6) is -0.196. The van der Waals surface area contributed by atoms with Crippen molar-refractivity contribution >= 4 is 40.7 Å². The number of hydrogen-bond acceptors (Lipinski definition) is 2. The second kappa shape index (κ2) is 7.19. The van der Waals surface area contributed by atoms with E-state index in [1.807, 2.05) is 0 Å². The van der Waals surface area contributed by atoms with Gasteiger partial charge in [0.25, 0.3) is 5.91 Å². The fourth-order valence-electron chi connectivity index (χ4n) is 1.48. The number of nitrogens with zero attached hydrogens (tertiary/aromatic N) is 1. The number of benzene rings is 1. The van der Waals surface area contributed by atoms with Crippen molar-refractivity contribution < 1.29 is 9.53 Å². The molecular formula is C12H14Cl3NO2. The molecule has 0 aliphatic heterocycles. The zero-order valence-corrected chi connectivity index (χ0v) is 12.4. The second-order valence-electron chi connectivity index (χ2n) is 3.86. The van der Waals surface area contributed by atoms with Crippen molar-refractivity contribution in [2.24, 2.45) is 0 Å². The quantitative estimate of drug-likeness (QED) is 0.781. The van der Waals surface area contributed by atoms with E-state index in [-0.39, 0.29) is 11.3 Å². The van der Waals surface area contributed by atoms with E-state index < -0.39 is 0 Å². The van der Waals surface area contributed by atoms with E-state index >= 15 is 0 Å². The Labute approximate surface area is 122 Å². The van der Waals surface area contributed by atoms with Crippen LogP contribution in [0.25, 0.3) is 0 Å². The van der Waals surface area contributed by atoms with Crippen molar-refractivity contribution in [3.8, 4) is 0 Å². The Morgan fingerprint density at radius 2 is 2.11 bits per heavy atom. The molecule has 0 fully saturated rings. The van der Waals surface area contributed by atoms with Crippen molar-refractivity contribution in [1.82, 2.24) is 4.90 Å². The van der Waals surface area contributed by atoms with Crippen LogP contribution in [0.4, 0.5) is 0 Å². The largest absolute Gasteiger partial charge is 0.383 e. The van der Waals surface area contributed by atoms with Crippen LogP contribution in [0.5, 0.6) is 0 Å². The van der Waals surface area contributed by atoms with Crippen molar-refractivity contribution in [1.29, 1.82) is 0 Å². The number of hydrogen-bond donors (Lipinski definition) is 0. The monoisotopic (exact) mass is 309 g/mol. The van der Waals surface area contributed by atoms with Crippen LogP contribution in [-0.4, -0.2) is 43.5 Å². The van der Waals surface area contributed by atoms with E-state index in [0.717, 1.165) is 0 Å². The van der Waals surface area contributed by atoms with Crippen LogP contribution in [-0.2, 0) is 4.74 Å². The van der Waals surface area contributed by atoms with Crippen LogP contribution in [0.3, 0.4) is 0 Å². The van der Waals surface area contributed by atoms with Crippen LogP contribution in [0.2, 0.25) is 10.0 Å². The normalized spacial score (nSPS) is 12.3. The summed E-state index contributed by atoms with van der Waals surface area (Å²) < 4.78 is 4.92. The molecule has 0 spiro atoms. The SMILES string of the molecule is COCC(Cl)CN(C)C(=O)c1ccc(Cl)cc1Cl. The molecule has 0 radical (unpaired) electrons. The molecule has 1 aromatic carbocycles. The van der Waals surface area contributed by atoms with Gasteiger partial charge in [-0.1, -0.05) is 23.2 Å². The lowest BCUT2D eigenvalue weighted by atomic mass is 10.2. The van der Waals surface area contributed by atoms with Gasteiger partial charge < -0.3 is 9.64 Å². The number of carbonyl (C=O) groups is 1. The lowest BCUT2D eigenvalue weighted by Gasteiger charge is -2.20. The van der Waals surface area contributed by atoms with Crippen molar-refractivity contribution in [2.75, 3.05) is 27.3 Å². The molecule has 100 valence electrons. The Balaban J connectivity index is 2.74. The molecule has 3 nitrogen and oxygen atoms in total. The lowest BCUT2D eigenvalue weighted by molar-refractivity contribution is 0.0782. The molecule has 1 aromatic rings. The van der Waals surface area contributed by atoms with Crippen molar-refractivity contribution in [3.63, 3.8) is 0 Å². The predicted molar refractivity (Wildman–Crippen MR) is 74.9 cm³/mol. The fourth-order valence-corrected chi connectivity index (χ4v) is 2.30. The average Bonchev–Trinajstić information content (AvgIpc) is 2.28. The molecule has 1 rings (SSSR count). The molecule has 0 bridgehead atoms. The molecule has 0 saturated heterocycles. The van der Waals surface area contributed by atoms with Gasteiger partial charge in [-0.05, 0) is 18.2 Å². The van der Waals surface area contributed by atoms with Crippen molar-refractivity contribution in [3.05, 3.63) is 33.8 Å². The van der Waals surface area contributed by atoms with E-state index in [9.17, 15) is 4.79 Å². The first-order valence-corrected chi connectivity index (χ1v) is 6.48. The fraction of sp³-hybridized carbons (Fsp3) is 0.417. The van der Waals surface area contributed by atoms with Gasteiger partial charge >= 0.3 is 0 Å². The van der Waals surface area contributed by atoms with Gasteiger partial charge in [-0.2, -0.15) is 0 Å². The molecule has 0 saturated carbocycles. The molecule has 0 aromatic heterocycles. The molecule has 0 aliphatic rings. The molecule has 1 atom stereocenters. The first-order chi connectivity index (χ1) is 8.45. The average molecular weight is 311 g/mol. The third kappa shape index (κ3) is 4.32. The van der Waals surface area contributed by atoms with Crippen molar-refractivity contribution in [2.45, 2.75) is 5.38 Å². The minimum atomic E-state index is -0.255. The second-order valence-corrected chi connectivity index (χ2v) is 5.32. The summed E-state index contributed by atoms with van der Waals surface area (Å²) >= 11 is 17.8. The Morgan fingerprint density at radius 3 is 2.67 bits per heavy atom. The number of amides is 1. The smallest absolute Gasteiger partial charge is 0.255 e. The number of rotatable bonds is 5. The number of halogens is 3. The molecule has 0 heterocycles. The molecule has 0 aliphatic carbocycles. The third-order valence-electron chi connectivity index (χ3n) is 2.33. The number of carbonyl (C=O) groups excluding carboxylic acids is 1. The van der Waals surface area contributed by atoms with Crippen LogP contribution < -0.4 is 0 Å². The number of ether oxygens (including phenoxy) is 1. The first-order valence-electron chi connectivity index (χ1n) is 5.29. The van der Waals surface area contributed by atoms with Crippen LogP contribution >= 0.6 is 34.8 Å². The Bertz CT molecular complexity index is 426. The van der Waals surface area contributed by atoms with Gasteiger partial charge in [-0.25, -0.2) is 0 Å². The maximum absolute atomic E-state index is 12.1. The number of methoxy groups -OCH3 is 1. The Kier molecular flexibility index (Phi) is 6.22. The summed E-state index contributed by atoms with van der Waals surface area (Å²) in [4.78, 5) is 13.6. The summed E-state index contributed by atoms with van der Waals surface area (Å²) in [7, 11) is 3.23. The highest BCUT2D eigenvalue weighted by Gasteiger charge is 2.18. The van der Waals surface area contributed by atoms with Crippen LogP contribution in [0.1, 0.15) is 10.4 Å². The van der Waals surface area contributed by atoms with E-state index in [1.54, 1.807) is 26.3 Å². The molecule has 1 unspecified atom stereocenters. The molecular weight excluding hydrogens is 296 g/mol. The van der Waals surface area contributed by atoms with E-state index in [4.69, 9.17) is 39.5 Å². The van der Waals surface area contributed by atoms with E-state index in [2.05, 4.69) is 0 Å². The summed E-state index contributed by atoms with van der Waals surface area (Å²) in [6, 6.07) is 4.77. The topological polar surface area (TPSA) is 29.5 Å². The van der Waals surface area contributed by atoms with Gasteiger partial charge in [0.2, 0.25) is 0 Å². The van der Waals surface area contributed by atoms with Crippen LogP contribution in [0.15, 0.2) is 18.2 Å². The van der Waals surface area contributed by atoms with Gasteiger partial charge in [0.1, 0.15) is 0 Å². The summed E-state index contributed by atoms with van der Waals surface area (Å²) in [5, 5.41) is 0.570. The summed E-state index contributed by atoms with van der Waals surface area (Å²) in [5.41, 5.74) is 0.407. The molecule has 1 amide bonds. The Hall–Kier alpha value is -0.480. The molecule has 6 heteroatoms. The van der Waals surface area contributed by atoms with Gasteiger partial charge in [-0.3, -0.25) is 4.79 Å². The molecule has 0 N–H and O–H groups in total. The lowest BCUT2D eigenvalue weighted by Crippen LogP contribution is -2.34. The van der Waals surface area contributed by atoms with E-state index in [0.29, 0.717) is 28.8 Å². The number of alkyl halides is 1. The third-order valence-corrected chi connectivity index (χ3v) is 3.14. The zero-order valence-electron chi connectivity index (χ0n) is 10.1. The predicted octanol–water partition coefficient (Wildman–Crippen LogP) is 3.32. The maximum atomic E-state index is 12.1.